The second-order valence-corrected chi connectivity index (χ2v) is 9.05. The molecule has 31 heavy (non-hydrogen) atoms. The number of oxazole rings is 1. The first-order valence-corrected chi connectivity index (χ1v) is 11.3. The van der Waals surface area contributed by atoms with E-state index < -0.39 is 0 Å². The number of morpholine rings is 1. The molecule has 8 nitrogen and oxygen atoms in total. The maximum absolute atomic E-state index is 13.4. The molecule has 4 aromatic rings. The predicted molar refractivity (Wildman–Crippen MR) is 118 cm³/mol. The van der Waals surface area contributed by atoms with Gasteiger partial charge in [-0.05, 0) is 33.0 Å². The van der Waals surface area contributed by atoms with Crippen LogP contribution in [0.1, 0.15) is 35.9 Å². The molecule has 0 radical (unpaired) electrons. The van der Waals surface area contributed by atoms with E-state index in [0.717, 1.165) is 21.8 Å². The highest BCUT2D eigenvalue weighted by Gasteiger charge is 2.30. The second kappa shape index (κ2) is 8.07. The smallest absolute Gasteiger partial charge is 0.274 e. The molecule has 0 spiro atoms. The molecule has 1 aliphatic rings. The number of thiazole rings is 1. The number of hydrogen-bond acceptors (Lipinski definition) is 7. The minimum atomic E-state index is -0.0387. The molecule has 1 aliphatic heterocycles. The number of carbonyl (C=O) groups is 1. The van der Waals surface area contributed by atoms with Crippen LogP contribution in [0.25, 0.3) is 16.1 Å². The number of benzene rings is 1. The van der Waals surface area contributed by atoms with Crippen LogP contribution in [0.5, 0.6) is 0 Å². The number of para-hydroxylation sites is 2. The SMILES string of the molecule is C[C@@H]1CN(C(=O)c2nc3sccn3c2CN(C)Cc2nc3ccccc3o2)C[C@H](C)O1. The third-order valence-electron chi connectivity index (χ3n) is 5.43. The largest absolute Gasteiger partial charge is 0.439 e. The number of aromatic nitrogens is 3. The van der Waals surface area contributed by atoms with Crippen LogP contribution >= 0.6 is 11.3 Å². The number of hydrogen-bond donors (Lipinski definition) is 0. The minimum absolute atomic E-state index is 0.0155. The summed E-state index contributed by atoms with van der Waals surface area (Å²) in [5, 5.41) is 1.99. The van der Waals surface area contributed by atoms with E-state index in [1.54, 1.807) is 0 Å². The lowest BCUT2D eigenvalue weighted by Crippen LogP contribution is -2.48. The number of fused-ring (bicyclic) bond motifs is 2. The topological polar surface area (TPSA) is 76.1 Å². The van der Waals surface area contributed by atoms with Crippen LogP contribution in [-0.4, -0.2) is 62.4 Å². The molecule has 0 saturated carbocycles. The van der Waals surface area contributed by atoms with Gasteiger partial charge in [0.15, 0.2) is 16.2 Å². The van der Waals surface area contributed by atoms with Gasteiger partial charge >= 0.3 is 0 Å². The molecule has 162 valence electrons. The fraction of sp³-hybridized carbons (Fsp3) is 0.409. The zero-order valence-electron chi connectivity index (χ0n) is 17.8. The molecule has 0 aliphatic carbocycles. The van der Waals surface area contributed by atoms with E-state index in [0.29, 0.717) is 37.8 Å². The predicted octanol–water partition coefficient (Wildman–Crippen LogP) is 3.42. The van der Waals surface area contributed by atoms with E-state index in [2.05, 4.69) is 14.9 Å². The molecule has 0 bridgehead atoms. The standard InChI is InChI=1S/C22H25N5O3S/c1-14-10-26(11-15(2)29-14)21(28)20-17(27-8-9-31-22(27)24-20)12-25(3)13-19-23-16-6-4-5-7-18(16)30-19/h4-9,14-15H,10-13H2,1-3H3/t14-,15+. The highest BCUT2D eigenvalue weighted by molar-refractivity contribution is 7.15. The monoisotopic (exact) mass is 439 g/mol. The van der Waals surface area contributed by atoms with Crippen molar-refractivity contribution in [3.05, 3.63) is 53.1 Å². The van der Waals surface area contributed by atoms with Gasteiger partial charge in [0.05, 0.1) is 24.4 Å². The quantitative estimate of drug-likeness (QED) is 0.474. The Morgan fingerprint density at radius 3 is 2.74 bits per heavy atom. The minimum Gasteiger partial charge on any atom is -0.439 e. The first-order chi connectivity index (χ1) is 15.0. The Bertz CT molecular complexity index is 1190. The molecule has 5 rings (SSSR count). The average molecular weight is 440 g/mol. The molecule has 1 amide bonds. The van der Waals surface area contributed by atoms with Gasteiger partial charge in [-0.15, -0.1) is 11.3 Å². The van der Waals surface area contributed by atoms with E-state index in [1.807, 2.05) is 66.0 Å². The van der Waals surface area contributed by atoms with Gasteiger partial charge in [-0.25, -0.2) is 9.97 Å². The van der Waals surface area contributed by atoms with Crippen molar-refractivity contribution < 1.29 is 13.9 Å². The van der Waals surface area contributed by atoms with Crippen molar-refractivity contribution >= 4 is 33.3 Å². The molecule has 3 aromatic heterocycles. The summed E-state index contributed by atoms with van der Waals surface area (Å²) < 4.78 is 13.7. The maximum Gasteiger partial charge on any atom is 0.274 e. The van der Waals surface area contributed by atoms with Crippen LogP contribution in [0.4, 0.5) is 0 Å². The van der Waals surface area contributed by atoms with Crippen LogP contribution in [0.15, 0.2) is 40.3 Å². The van der Waals surface area contributed by atoms with Crippen molar-refractivity contribution in [1.82, 2.24) is 24.2 Å². The fourth-order valence-electron chi connectivity index (χ4n) is 4.18. The van der Waals surface area contributed by atoms with Gasteiger partial charge in [-0.1, -0.05) is 12.1 Å². The summed E-state index contributed by atoms with van der Waals surface area (Å²) in [7, 11) is 1.99. The first kappa shape index (κ1) is 20.2. The summed E-state index contributed by atoms with van der Waals surface area (Å²) in [4.78, 5) is 27.4. The number of amides is 1. The summed E-state index contributed by atoms with van der Waals surface area (Å²) in [5.41, 5.74) is 3.02. The molecule has 0 N–H and O–H groups in total. The average Bonchev–Trinajstić information content (AvgIpc) is 3.41. The van der Waals surface area contributed by atoms with Crippen molar-refractivity contribution in [2.45, 2.75) is 39.1 Å². The van der Waals surface area contributed by atoms with E-state index >= 15 is 0 Å². The highest BCUT2D eigenvalue weighted by atomic mass is 32.1. The zero-order valence-corrected chi connectivity index (χ0v) is 18.6. The second-order valence-electron chi connectivity index (χ2n) is 8.18. The number of imidazole rings is 1. The van der Waals surface area contributed by atoms with Crippen LogP contribution in [-0.2, 0) is 17.8 Å². The van der Waals surface area contributed by atoms with Crippen molar-refractivity contribution in [3.63, 3.8) is 0 Å². The molecular weight excluding hydrogens is 414 g/mol. The van der Waals surface area contributed by atoms with E-state index in [9.17, 15) is 4.79 Å². The summed E-state index contributed by atoms with van der Waals surface area (Å²) in [6.45, 7) is 6.23. The zero-order chi connectivity index (χ0) is 21.5. The van der Waals surface area contributed by atoms with Crippen LogP contribution in [0, 0.1) is 0 Å². The number of rotatable bonds is 5. The molecule has 0 unspecified atom stereocenters. The third-order valence-corrected chi connectivity index (χ3v) is 6.19. The lowest BCUT2D eigenvalue weighted by molar-refractivity contribution is -0.0587. The van der Waals surface area contributed by atoms with Gasteiger partial charge < -0.3 is 14.1 Å². The summed E-state index contributed by atoms with van der Waals surface area (Å²) in [5.74, 6) is 0.613. The van der Waals surface area contributed by atoms with Crippen molar-refractivity contribution in [1.29, 1.82) is 0 Å². The maximum atomic E-state index is 13.4. The molecule has 1 fully saturated rings. The van der Waals surface area contributed by atoms with Crippen LogP contribution in [0.2, 0.25) is 0 Å². The molecule has 9 heteroatoms. The Balaban J connectivity index is 1.39. The van der Waals surface area contributed by atoms with E-state index in [-0.39, 0.29) is 18.1 Å². The van der Waals surface area contributed by atoms with Gasteiger partial charge in [0.1, 0.15) is 5.52 Å². The number of ether oxygens (including phenoxy) is 1. The first-order valence-electron chi connectivity index (χ1n) is 10.4. The van der Waals surface area contributed by atoms with E-state index in [4.69, 9.17) is 9.15 Å². The van der Waals surface area contributed by atoms with Gasteiger partial charge in [-0.2, -0.15) is 0 Å². The Morgan fingerprint density at radius 2 is 1.97 bits per heavy atom. The Labute approximate surface area is 184 Å². The Morgan fingerprint density at radius 1 is 1.19 bits per heavy atom. The summed E-state index contributed by atoms with van der Waals surface area (Å²) >= 11 is 1.53. The Kier molecular flexibility index (Phi) is 5.25. The molecule has 1 saturated heterocycles. The van der Waals surface area contributed by atoms with Gasteiger partial charge in [0.2, 0.25) is 5.89 Å². The third kappa shape index (κ3) is 3.96. The van der Waals surface area contributed by atoms with Gasteiger partial charge in [-0.3, -0.25) is 14.1 Å². The van der Waals surface area contributed by atoms with Crippen molar-refractivity contribution in [2.75, 3.05) is 20.1 Å². The van der Waals surface area contributed by atoms with E-state index in [1.165, 1.54) is 11.3 Å². The lowest BCUT2D eigenvalue weighted by Gasteiger charge is -2.35. The normalized spacial score (nSPS) is 19.7. The summed E-state index contributed by atoms with van der Waals surface area (Å²) in [6.07, 6.45) is 2.00. The fourth-order valence-corrected chi connectivity index (χ4v) is 4.91. The number of nitrogens with zero attached hydrogens (tertiary/aromatic N) is 5. The molecular formula is C22H25N5O3S. The Hall–Kier alpha value is -2.75. The lowest BCUT2D eigenvalue weighted by atomic mass is 10.2. The number of carbonyl (C=O) groups excluding carboxylic acids is 1. The molecule has 4 heterocycles. The summed E-state index contributed by atoms with van der Waals surface area (Å²) in [6, 6.07) is 7.74. The van der Waals surface area contributed by atoms with Gasteiger partial charge in [0, 0.05) is 31.2 Å². The molecule has 1 aromatic carbocycles. The van der Waals surface area contributed by atoms with Crippen molar-refractivity contribution in [2.24, 2.45) is 0 Å². The molecule has 2 atom stereocenters. The van der Waals surface area contributed by atoms with Crippen LogP contribution in [0.3, 0.4) is 0 Å². The van der Waals surface area contributed by atoms with Gasteiger partial charge in [0.25, 0.3) is 5.91 Å². The van der Waals surface area contributed by atoms with Crippen LogP contribution < -0.4 is 0 Å². The highest BCUT2D eigenvalue weighted by Crippen LogP contribution is 2.23. The van der Waals surface area contributed by atoms with Crippen molar-refractivity contribution in [3.8, 4) is 0 Å².